The summed E-state index contributed by atoms with van der Waals surface area (Å²) < 4.78 is 5.98. The average Bonchev–Trinajstić information content (AvgIpc) is 3.03. The quantitative estimate of drug-likeness (QED) is 0.847. The van der Waals surface area contributed by atoms with Gasteiger partial charge in [0.2, 0.25) is 0 Å². The molecule has 1 heterocycles. The van der Waals surface area contributed by atoms with Crippen LogP contribution < -0.4 is 4.74 Å². The highest BCUT2D eigenvalue weighted by Crippen LogP contribution is 2.21. The minimum atomic E-state index is 0.0670. The summed E-state index contributed by atoms with van der Waals surface area (Å²) in [7, 11) is 4.03. The zero-order valence-electron chi connectivity index (χ0n) is 14.3. The van der Waals surface area contributed by atoms with Gasteiger partial charge in [-0.1, -0.05) is 36.4 Å². The number of hydrogen-bond donors (Lipinski definition) is 0. The Morgan fingerprint density at radius 3 is 2.58 bits per heavy atom. The number of hydrogen-bond acceptors (Lipinski definition) is 3. The second kappa shape index (κ2) is 7.49. The van der Waals surface area contributed by atoms with Crippen molar-refractivity contribution in [1.29, 1.82) is 0 Å². The maximum atomic E-state index is 12.9. The minimum absolute atomic E-state index is 0.0670. The van der Waals surface area contributed by atoms with Gasteiger partial charge in [-0.15, -0.1) is 0 Å². The van der Waals surface area contributed by atoms with Gasteiger partial charge in [0, 0.05) is 25.1 Å². The van der Waals surface area contributed by atoms with Gasteiger partial charge in [-0.3, -0.25) is 4.79 Å². The van der Waals surface area contributed by atoms with E-state index in [1.807, 2.05) is 73.6 Å². The van der Waals surface area contributed by atoms with Crippen LogP contribution in [-0.4, -0.2) is 49.0 Å². The molecule has 0 saturated carbocycles. The lowest BCUT2D eigenvalue weighted by atomic mass is 10.1. The van der Waals surface area contributed by atoms with E-state index >= 15 is 0 Å². The van der Waals surface area contributed by atoms with Gasteiger partial charge < -0.3 is 14.5 Å². The molecule has 1 aliphatic rings. The number of benzene rings is 2. The van der Waals surface area contributed by atoms with E-state index in [9.17, 15) is 4.79 Å². The van der Waals surface area contributed by atoms with Gasteiger partial charge in [0.15, 0.2) is 0 Å². The van der Waals surface area contributed by atoms with Gasteiger partial charge in [0.1, 0.15) is 11.9 Å². The van der Waals surface area contributed by atoms with Crippen LogP contribution in [0.25, 0.3) is 0 Å². The molecular weight excluding hydrogens is 300 g/mol. The first-order chi connectivity index (χ1) is 11.6. The lowest BCUT2D eigenvalue weighted by molar-refractivity contribution is 0.0770. The lowest BCUT2D eigenvalue weighted by Crippen LogP contribution is -2.32. The Morgan fingerprint density at radius 1 is 1.12 bits per heavy atom. The fraction of sp³-hybridized carbons (Fsp3) is 0.350. The SMILES string of the molecule is CN(C)Cc1ccccc1C(=O)N1CC[C@H](Oc2ccccc2)C1. The van der Waals surface area contributed by atoms with Crippen LogP contribution in [0.2, 0.25) is 0 Å². The van der Waals surface area contributed by atoms with E-state index in [0.29, 0.717) is 6.54 Å². The van der Waals surface area contributed by atoms with Crippen molar-refractivity contribution >= 4 is 5.91 Å². The standard InChI is InChI=1S/C20H24N2O2/c1-21(2)14-16-8-6-7-11-19(16)20(23)22-13-12-18(15-22)24-17-9-4-3-5-10-17/h3-11,18H,12-15H2,1-2H3/t18-/m0/s1. The first-order valence-corrected chi connectivity index (χ1v) is 8.37. The third-order valence-corrected chi connectivity index (χ3v) is 4.21. The summed E-state index contributed by atoms with van der Waals surface area (Å²) >= 11 is 0. The van der Waals surface area contributed by atoms with Crippen molar-refractivity contribution in [3.63, 3.8) is 0 Å². The van der Waals surface area contributed by atoms with E-state index in [0.717, 1.165) is 36.4 Å². The Kier molecular flexibility index (Phi) is 5.16. The van der Waals surface area contributed by atoms with Crippen LogP contribution in [0.5, 0.6) is 5.75 Å². The molecule has 1 saturated heterocycles. The minimum Gasteiger partial charge on any atom is -0.489 e. The molecule has 3 rings (SSSR count). The highest BCUT2D eigenvalue weighted by molar-refractivity contribution is 5.95. The van der Waals surface area contributed by atoms with Crippen LogP contribution in [0.1, 0.15) is 22.3 Å². The largest absolute Gasteiger partial charge is 0.489 e. The van der Waals surface area contributed by atoms with Crippen LogP contribution in [0.4, 0.5) is 0 Å². The van der Waals surface area contributed by atoms with E-state index in [2.05, 4.69) is 4.90 Å². The second-order valence-electron chi connectivity index (χ2n) is 6.49. The van der Waals surface area contributed by atoms with Crippen molar-refractivity contribution in [2.45, 2.75) is 19.1 Å². The van der Waals surface area contributed by atoms with E-state index < -0.39 is 0 Å². The number of rotatable bonds is 5. The summed E-state index contributed by atoms with van der Waals surface area (Å²) in [6, 6.07) is 17.7. The lowest BCUT2D eigenvalue weighted by Gasteiger charge is -2.20. The van der Waals surface area contributed by atoms with E-state index in [-0.39, 0.29) is 12.0 Å². The highest BCUT2D eigenvalue weighted by atomic mass is 16.5. The average molecular weight is 324 g/mol. The molecule has 1 fully saturated rings. The molecule has 1 aliphatic heterocycles. The molecule has 24 heavy (non-hydrogen) atoms. The van der Waals surface area contributed by atoms with Gasteiger partial charge in [-0.05, 0) is 37.9 Å². The molecule has 126 valence electrons. The Morgan fingerprint density at radius 2 is 1.83 bits per heavy atom. The molecule has 4 nitrogen and oxygen atoms in total. The monoisotopic (exact) mass is 324 g/mol. The van der Waals surface area contributed by atoms with Crippen molar-refractivity contribution in [1.82, 2.24) is 9.80 Å². The summed E-state index contributed by atoms with van der Waals surface area (Å²) in [5, 5.41) is 0. The van der Waals surface area contributed by atoms with Crippen LogP contribution >= 0.6 is 0 Å². The molecule has 2 aromatic carbocycles. The van der Waals surface area contributed by atoms with Crippen molar-refractivity contribution in [2.24, 2.45) is 0 Å². The molecule has 0 radical (unpaired) electrons. The van der Waals surface area contributed by atoms with Crippen molar-refractivity contribution < 1.29 is 9.53 Å². The molecule has 0 spiro atoms. The number of para-hydroxylation sites is 1. The van der Waals surface area contributed by atoms with Gasteiger partial charge in [0.05, 0.1) is 6.54 Å². The molecule has 0 N–H and O–H groups in total. The fourth-order valence-electron chi connectivity index (χ4n) is 3.08. The molecule has 0 unspecified atom stereocenters. The van der Waals surface area contributed by atoms with Crippen molar-refractivity contribution in [3.8, 4) is 5.75 Å². The van der Waals surface area contributed by atoms with Gasteiger partial charge >= 0.3 is 0 Å². The summed E-state index contributed by atoms with van der Waals surface area (Å²) in [4.78, 5) is 16.9. The van der Waals surface area contributed by atoms with E-state index in [1.54, 1.807) is 0 Å². The third-order valence-electron chi connectivity index (χ3n) is 4.21. The third kappa shape index (κ3) is 3.95. The van der Waals surface area contributed by atoms with E-state index in [4.69, 9.17) is 4.74 Å². The molecule has 0 aromatic heterocycles. The maximum absolute atomic E-state index is 12.9. The Hall–Kier alpha value is -2.33. The normalized spacial score (nSPS) is 17.3. The van der Waals surface area contributed by atoms with Gasteiger partial charge in [-0.25, -0.2) is 0 Å². The first kappa shape index (κ1) is 16.5. The van der Waals surface area contributed by atoms with Crippen molar-refractivity contribution in [2.75, 3.05) is 27.2 Å². The Labute approximate surface area is 143 Å². The number of carbonyl (C=O) groups is 1. The smallest absolute Gasteiger partial charge is 0.254 e. The van der Waals surface area contributed by atoms with E-state index in [1.165, 1.54) is 0 Å². The molecule has 1 amide bonds. The zero-order valence-corrected chi connectivity index (χ0v) is 14.3. The topological polar surface area (TPSA) is 32.8 Å². The predicted molar refractivity (Wildman–Crippen MR) is 95.2 cm³/mol. The molecule has 2 aromatic rings. The summed E-state index contributed by atoms with van der Waals surface area (Å²) in [5.41, 5.74) is 1.87. The molecule has 0 aliphatic carbocycles. The van der Waals surface area contributed by atoms with Crippen molar-refractivity contribution in [3.05, 3.63) is 65.7 Å². The summed E-state index contributed by atoms with van der Waals surface area (Å²) in [6.45, 7) is 2.15. The fourth-order valence-corrected chi connectivity index (χ4v) is 3.08. The molecule has 1 atom stereocenters. The number of carbonyl (C=O) groups excluding carboxylic acids is 1. The van der Waals surface area contributed by atoms with Crippen LogP contribution in [0.15, 0.2) is 54.6 Å². The number of likely N-dealkylation sites (tertiary alicyclic amines) is 1. The highest BCUT2D eigenvalue weighted by Gasteiger charge is 2.29. The first-order valence-electron chi connectivity index (χ1n) is 8.37. The predicted octanol–water partition coefficient (Wildman–Crippen LogP) is 3.04. The van der Waals surface area contributed by atoms with Crippen LogP contribution in [-0.2, 0) is 6.54 Å². The maximum Gasteiger partial charge on any atom is 0.254 e. The Bertz CT molecular complexity index is 685. The molecular formula is C20H24N2O2. The van der Waals surface area contributed by atoms with Gasteiger partial charge in [0.25, 0.3) is 5.91 Å². The molecule has 0 bridgehead atoms. The Balaban J connectivity index is 1.66. The summed E-state index contributed by atoms with van der Waals surface area (Å²) in [5.74, 6) is 0.969. The zero-order chi connectivity index (χ0) is 16.9. The molecule has 4 heteroatoms. The number of nitrogens with zero attached hydrogens (tertiary/aromatic N) is 2. The van der Waals surface area contributed by atoms with Gasteiger partial charge in [-0.2, -0.15) is 0 Å². The van der Waals surface area contributed by atoms with Crippen LogP contribution in [0.3, 0.4) is 0 Å². The van der Waals surface area contributed by atoms with Crippen LogP contribution in [0, 0.1) is 0 Å². The number of ether oxygens (including phenoxy) is 1. The summed E-state index contributed by atoms with van der Waals surface area (Å²) in [6.07, 6.45) is 0.939. The second-order valence-corrected chi connectivity index (χ2v) is 6.49. The number of amides is 1.